The maximum Gasteiger partial charge on any atom is 1.00 e. The van der Waals surface area contributed by atoms with Gasteiger partial charge in [0.25, 0.3) is 5.91 Å². The predicted molar refractivity (Wildman–Crippen MR) is 460 cm³/mol. The van der Waals surface area contributed by atoms with Crippen LogP contribution < -0.4 is 52.1 Å². The number of thiophene rings is 2. The number of azide groups is 1. The van der Waals surface area contributed by atoms with Crippen molar-refractivity contribution in [1.29, 1.82) is 0 Å². The molecule has 121 heavy (non-hydrogen) atoms. The van der Waals surface area contributed by atoms with Crippen LogP contribution in [0.4, 0.5) is 42.1 Å². The summed E-state index contributed by atoms with van der Waals surface area (Å²) in [5.74, 6) is -1.37. The molecular formula is C75H83BrF7N14NaO14S9. The molecule has 8 N–H and O–H groups in total. The average Bonchev–Trinajstić information content (AvgIpc) is 1.64. The first-order valence-electron chi connectivity index (χ1n) is 34.4. The third-order valence-electron chi connectivity index (χ3n) is 15.7. The Morgan fingerprint density at radius 1 is 0.529 bits per heavy atom. The zero-order valence-electron chi connectivity index (χ0n) is 67.1. The Hall–Kier alpha value is -9.02. The molecule has 0 saturated heterocycles. The zero-order chi connectivity index (χ0) is 91.6. The number of fused-ring (bicyclic) bond motifs is 2. The fourth-order valence-corrected chi connectivity index (χ4v) is 15.6. The van der Waals surface area contributed by atoms with Crippen molar-refractivity contribution in [2.45, 2.75) is 108 Å². The SMILES string of the molecule is Cc1ccc(S(=O)(=O)CF)cc1.Cc1ccc(S(C)=O)cc1.Cc1ccc(SCF)cc1.Cc1nnc2sc(C(=O)NCc3ccc(S(=O)(=O)CF)cc3)c(N)c2c1C.Cc1nnc2sc(C(=O)O)c(N)c2c1C.NCc1ccc(S(=O)(=O)CF)cc1.O=S(=O)(CF)c1ccc(CBr)cc1.[2H]CF.[N-]=[N+]=NCc1ccc(S(=O)(=O)CF)cc1.[N-]=[N+]=[N-].[Na+]. The standard InChI is InChI=1S/C17H17FN4O3S2.C9H9N3O2S.C8H8BrFO2S.C8H8FN3O2S.C8H10FNO2S.C8H9FO2S.C8H9FS.C8H10OS.CH3F.N3.Na/c1-9-10(2)21-22-17-13(9)14(19)15(26-17)16(23)20-7-11-3-5-12(6-4-11)27(24,25)8-18;1-3-4(2)11-12-8-5(3)6(10)7(15-8)9(13)14;9-5-7-1-3-8(4-2-7)13(11,12)6-10;9-6-15(13,14)8-3-1-7(2-4-8)5-11-12-10;9-6-13(11,12)8-3-1-7(5-10)2-4-8;1-7-2-4-8(5-3-7)12(10,11)6-9;1-7-2-4-8(5-3-7)10-6-9;1-7-3-5-8(6-4-7)10(2)9;1-2;1-3-2;/h3-6H,7-8,19H2,1-2H3,(H,20,23);10H2,1-2H3,(H,13,14);1-4H,5-6H2;1-4H,5-6H2;1-4H,5-6,10H2;2-5H,6H2,1H3;2-5H,6H2,1H3;3-6H,1-2H3;1H3;;/q;;;;;;;;;-1;+1/i;;;;;;;;1D;;. The number of benzene rings is 7. The molecule has 0 bridgehead atoms. The molecule has 4 heterocycles. The largest absolute Gasteiger partial charge is 1.00 e. The molecule has 0 radical (unpaired) electrons. The van der Waals surface area contributed by atoms with E-state index in [1.165, 1.54) is 124 Å². The van der Waals surface area contributed by atoms with E-state index in [4.69, 9.17) is 40.3 Å². The molecule has 7 aromatic carbocycles. The second-order valence-electron chi connectivity index (χ2n) is 24.0. The van der Waals surface area contributed by atoms with Crippen LogP contribution in [0.3, 0.4) is 0 Å². The van der Waals surface area contributed by atoms with E-state index in [0.717, 1.165) is 65.7 Å². The van der Waals surface area contributed by atoms with Crippen LogP contribution in [0.2, 0.25) is 0 Å². The van der Waals surface area contributed by atoms with Crippen LogP contribution in [-0.2, 0) is 85.0 Å². The van der Waals surface area contributed by atoms with E-state index in [2.05, 4.69) is 51.7 Å². The molecule has 11 aromatic rings. The summed E-state index contributed by atoms with van der Waals surface area (Å²) in [6.07, 6.45) is 1.69. The number of anilines is 2. The summed E-state index contributed by atoms with van der Waals surface area (Å²) >= 11 is 6.67. The topological polar surface area (TPSA) is 491 Å². The molecule has 0 aliphatic heterocycles. The van der Waals surface area contributed by atoms with Crippen molar-refractivity contribution in [2.24, 2.45) is 10.8 Å². The van der Waals surface area contributed by atoms with Crippen molar-refractivity contribution >= 4 is 154 Å². The van der Waals surface area contributed by atoms with Crippen molar-refractivity contribution in [1.82, 2.24) is 25.7 Å². The summed E-state index contributed by atoms with van der Waals surface area (Å²) in [5, 5.41) is 33.1. The molecule has 4 aromatic heterocycles. The van der Waals surface area contributed by atoms with Crippen molar-refractivity contribution in [2.75, 3.05) is 60.9 Å². The number of rotatable bonds is 21. The molecule has 11 rings (SSSR count). The van der Waals surface area contributed by atoms with Crippen molar-refractivity contribution in [3.63, 3.8) is 0 Å². The van der Waals surface area contributed by atoms with Crippen LogP contribution in [0.1, 0.15) is 82.2 Å². The quantitative estimate of drug-likeness (QED) is 0.00848. The van der Waals surface area contributed by atoms with E-state index < -0.39 is 103 Å². The van der Waals surface area contributed by atoms with E-state index in [-0.39, 0.29) is 89.6 Å². The van der Waals surface area contributed by atoms with Gasteiger partial charge >= 0.3 is 35.5 Å². The first-order valence-corrected chi connectivity index (χ1v) is 47.2. The Labute approximate surface area is 742 Å². The van der Waals surface area contributed by atoms with Gasteiger partial charge in [-0.25, -0.2) is 73.2 Å². The Kier molecular flexibility index (Phi) is 48.6. The van der Waals surface area contributed by atoms with Crippen LogP contribution in [0.25, 0.3) is 46.9 Å². The monoisotopic (exact) mass is 1930 g/mol. The second-order valence-corrected chi connectivity index (χ2v) is 38.5. The molecule has 0 aliphatic carbocycles. The normalized spacial score (nSPS) is 11.0. The number of sulfone groups is 5. The number of hydrogen-bond acceptors (Lipinski definition) is 24. The number of nitrogen functional groups attached to an aromatic ring is 2. The molecule has 46 heteroatoms. The average molecular weight is 1930 g/mol. The van der Waals surface area contributed by atoms with Gasteiger partial charge in [-0.2, -0.15) is 10.2 Å². The molecule has 28 nitrogen and oxygen atoms in total. The third-order valence-corrected chi connectivity index (χ3v) is 26.5. The van der Waals surface area contributed by atoms with Gasteiger partial charge in [0.15, 0.2) is 30.0 Å². The van der Waals surface area contributed by atoms with Crippen LogP contribution in [0.15, 0.2) is 209 Å². The van der Waals surface area contributed by atoms with E-state index in [1.54, 1.807) is 42.7 Å². The summed E-state index contributed by atoms with van der Waals surface area (Å²) < 4.78 is 210. The van der Waals surface area contributed by atoms with Crippen molar-refractivity contribution in [3.05, 3.63) is 267 Å². The Balaban J connectivity index is 0.000000704. The third kappa shape index (κ3) is 35.8. The summed E-state index contributed by atoms with van der Waals surface area (Å²) in [4.78, 5) is 30.9. The number of halogens is 8. The van der Waals surface area contributed by atoms with Crippen LogP contribution >= 0.6 is 50.4 Å². The van der Waals surface area contributed by atoms with Gasteiger partial charge in [0, 0.05) is 61.0 Å². The Morgan fingerprint density at radius 2 is 0.835 bits per heavy atom. The zero-order valence-corrected chi connectivity index (χ0v) is 77.0. The number of carboxylic acids is 1. The maximum absolute atomic E-state index is 12.5. The molecule has 1 atom stereocenters. The molecule has 0 aliphatic rings. The van der Waals surface area contributed by atoms with Gasteiger partial charge in [0.05, 0.1) is 62.3 Å². The summed E-state index contributed by atoms with van der Waals surface area (Å²) in [5.41, 5.74) is 49.2. The first kappa shape index (κ1) is 108. The number of carboxylic acid groups (broad SMARTS) is 1. The van der Waals surface area contributed by atoms with Gasteiger partial charge in [-0.05, 0) is 172 Å². The van der Waals surface area contributed by atoms with Crippen LogP contribution in [0, 0.1) is 48.5 Å². The number of aromatic nitrogens is 4. The number of alkyl halides is 8. The number of carbonyl (C=O) groups excluding carboxylic acids is 1. The molecular weight excluding hydrogens is 1850 g/mol. The number of aryl methyl sites for hydroxylation is 7. The number of hydrogen-bond donors (Lipinski definition) is 5. The minimum atomic E-state index is -3.90. The van der Waals surface area contributed by atoms with E-state index in [9.17, 15) is 86.6 Å². The van der Waals surface area contributed by atoms with Gasteiger partial charge < -0.3 is 38.7 Å². The summed E-state index contributed by atoms with van der Waals surface area (Å²) in [7, 11) is -20.7. The molecule has 1 unspecified atom stereocenters. The minimum Gasteiger partial charge on any atom is -0.477 e. The van der Waals surface area contributed by atoms with E-state index >= 15 is 0 Å². The van der Waals surface area contributed by atoms with Crippen LogP contribution in [0.5, 0.6) is 0 Å². The van der Waals surface area contributed by atoms with Crippen LogP contribution in [-0.4, -0.2) is 133 Å². The maximum atomic E-state index is 12.5. The number of carbonyl (C=O) groups is 2. The number of nitrogens with one attached hydrogen (secondary N) is 1. The van der Waals surface area contributed by atoms with Gasteiger partial charge in [0.1, 0.15) is 25.4 Å². The number of nitrogens with zero attached hydrogens (tertiary/aromatic N) is 10. The predicted octanol–water partition coefficient (Wildman–Crippen LogP) is 14.3. The smallest absolute Gasteiger partial charge is 0.477 e. The number of thioether (sulfide) groups is 1. The fourth-order valence-electron chi connectivity index (χ4n) is 8.91. The molecule has 0 fully saturated rings. The molecule has 648 valence electrons. The van der Waals surface area contributed by atoms with Gasteiger partial charge in [0.2, 0.25) is 49.2 Å². The van der Waals surface area contributed by atoms with Crippen molar-refractivity contribution in [3.8, 4) is 0 Å². The minimum absolute atomic E-state index is 0. The summed E-state index contributed by atoms with van der Waals surface area (Å²) in [6, 6.07) is 37.6. The number of aromatic carboxylic acids is 1. The van der Waals surface area contributed by atoms with E-state index in [1.807, 2.05) is 97.0 Å². The Morgan fingerprint density at radius 3 is 1.15 bits per heavy atom. The van der Waals surface area contributed by atoms with Gasteiger partial charge in [-0.3, -0.25) is 18.3 Å². The first-order chi connectivity index (χ1) is 57.0. The van der Waals surface area contributed by atoms with Gasteiger partial charge in [-0.1, -0.05) is 134 Å². The number of amides is 1. The molecule has 0 saturated carbocycles. The molecule has 0 spiro atoms. The summed E-state index contributed by atoms with van der Waals surface area (Å²) in [6.45, 7) is 13.9. The van der Waals surface area contributed by atoms with E-state index in [0.29, 0.717) is 48.6 Å². The van der Waals surface area contributed by atoms with Crippen molar-refractivity contribution < 1.29 is 123 Å². The van der Waals surface area contributed by atoms with Gasteiger partial charge in [-0.15, -0.1) is 32.9 Å². The number of nitrogens with two attached hydrogens (primary N) is 3. The Bertz CT molecular complexity index is 5840. The molecule has 1 amide bonds. The fraction of sp³-hybridized carbons (Fsp3) is 0.253. The second kappa shape index (κ2) is 54.5.